The highest BCUT2D eigenvalue weighted by molar-refractivity contribution is 9.10. The van der Waals surface area contributed by atoms with E-state index in [2.05, 4.69) is 25.7 Å². The van der Waals surface area contributed by atoms with Gasteiger partial charge in [0.25, 0.3) is 0 Å². The summed E-state index contributed by atoms with van der Waals surface area (Å²) in [7, 11) is 1.02. The third kappa shape index (κ3) is 2.54. The van der Waals surface area contributed by atoms with E-state index in [4.69, 9.17) is 5.11 Å². The molecule has 0 fully saturated rings. The Kier molecular flexibility index (Phi) is 3.94. The Bertz CT molecular complexity index is 438. The smallest absolute Gasteiger partial charge is 0.326 e. The lowest BCUT2D eigenvalue weighted by Gasteiger charge is -2.10. The zero-order valence-corrected chi connectivity index (χ0v) is 9.69. The van der Waals surface area contributed by atoms with Crippen LogP contribution >= 0.6 is 15.9 Å². The molecule has 0 saturated carbocycles. The predicted octanol–water partition coefficient (Wildman–Crippen LogP) is 1.32. The molecule has 1 atom stereocenters. The Labute approximate surface area is 98.4 Å². The second kappa shape index (κ2) is 5.02. The number of hydrogen-bond acceptors (Lipinski definition) is 4. The van der Waals surface area contributed by atoms with Gasteiger partial charge in [0.15, 0.2) is 5.92 Å². The van der Waals surface area contributed by atoms with E-state index in [0.717, 1.165) is 13.2 Å². The number of carboxylic acid groups (broad SMARTS) is 1. The summed E-state index contributed by atoms with van der Waals surface area (Å²) in [6.07, 6.45) is 1.21. The Balaban J connectivity index is 3.21. The third-order valence-electron chi connectivity index (χ3n) is 1.79. The van der Waals surface area contributed by atoms with Crippen LogP contribution in [0.1, 0.15) is 11.6 Å². The fraction of sp³-hybridized carbons (Fsp3) is 0.222. The largest absolute Gasteiger partial charge is 0.480 e. The zero-order valence-electron chi connectivity index (χ0n) is 8.11. The van der Waals surface area contributed by atoms with Gasteiger partial charge < -0.3 is 9.84 Å². The normalized spacial score (nSPS) is 11.9. The van der Waals surface area contributed by atoms with Crippen molar-refractivity contribution < 1.29 is 23.8 Å². The lowest BCUT2D eigenvalue weighted by Crippen LogP contribution is -2.24. The quantitative estimate of drug-likeness (QED) is 0.671. The maximum atomic E-state index is 13.4. The van der Waals surface area contributed by atoms with Gasteiger partial charge in [0.05, 0.1) is 7.11 Å². The molecule has 5 nitrogen and oxygen atoms in total. The van der Waals surface area contributed by atoms with Gasteiger partial charge in [-0.2, -0.15) is 0 Å². The van der Waals surface area contributed by atoms with Crippen molar-refractivity contribution in [2.45, 2.75) is 5.92 Å². The molecule has 0 aromatic carbocycles. The highest BCUT2D eigenvalue weighted by Gasteiger charge is 2.33. The Hall–Kier alpha value is -1.50. The standard InChI is InChI=1S/C9H7BrFNO4/c1-16-9(15)6(8(13)14)7-5(11)2-4(10)3-12-7/h2-3,6H,1H3,(H,13,14). The Morgan fingerprint density at radius 2 is 2.25 bits per heavy atom. The third-order valence-corrected chi connectivity index (χ3v) is 2.23. The van der Waals surface area contributed by atoms with Gasteiger partial charge >= 0.3 is 11.9 Å². The number of methoxy groups -OCH3 is 1. The molecular formula is C9H7BrFNO4. The number of halogens is 2. The molecule has 0 aliphatic heterocycles. The molecule has 0 spiro atoms. The second-order valence-corrected chi connectivity index (χ2v) is 3.73. The van der Waals surface area contributed by atoms with Crippen LogP contribution in [0.25, 0.3) is 0 Å². The molecule has 0 saturated heterocycles. The number of aromatic nitrogens is 1. The van der Waals surface area contributed by atoms with Crippen LogP contribution in [0, 0.1) is 5.82 Å². The topological polar surface area (TPSA) is 76.5 Å². The number of carbonyl (C=O) groups is 2. The van der Waals surface area contributed by atoms with Crippen molar-refractivity contribution >= 4 is 27.9 Å². The first kappa shape index (κ1) is 12.6. The molecule has 0 radical (unpaired) electrons. The van der Waals surface area contributed by atoms with Crippen LogP contribution in [-0.2, 0) is 14.3 Å². The van der Waals surface area contributed by atoms with Crippen LogP contribution in [0.3, 0.4) is 0 Å². The van der Waals surface area contributed by atoms with Gasteiger partial charge in [-0.05, 0) is 22.0 Å². The van der Waals surface area contributed by atoms with Crippen molar-refractivity contribution in [1.82, 2.24) is 4.98 Å². The van der Waals surface area contributed by atoms with E-state index in [9.17, 15) is 14.0 Å². The van der Waals surface area contributed by atoms with Crippen molar-refractivity contribution in [1.29, 1.82) is 0 Å². The summed E-state index contributed by atoms with van der Waals surface area (Å²) < 4.78 is 18.0. The van der Waals surface area contributed by atoms with Crippen molar-refractivity contribution in [3.63, 3.8) is 0 Å². The molecule has 0 aliphatic rings. The summed E-state index contributed by atoms with van der Waals surface area (Å²) in [5.41, 5.74) is -0.470. The van der Waals surface area contributed by atoms with Gasteiger partial charge in [-0.1, -0.05) is 0 Å². The van der Waals surface area contributed by atoms with E-state index in [0.29, 0.717) is 4.47 Å². The minimum atomic E-state index is -1.75. The van der Waals surface area contributed by atoms with Crippen molar-refractivity contribution in [2.24, 2.45) is 0 Å². The number of carboxylic acids is 1. The molecule has 86 valence electrons. The van der Waals surface area contributed by atoms with E-state index in [1.807, 2.05) is 0 Å². The fourth-order valence-corrected chi connectivity index (χ4v) is 1.39. The first-order chi connectivity index (χ1) is 7.47. The molecule has 0 aliphatic carbocycles. The van der Waals surface area contributed by atoms with E-state index in [-0.39, 0.29) is 0 Å². The minimum Gasteiger partial charge on any atom is -0.480 e. The molecule has 1 unspecified atom stereocenters. The average Bonchev–Trinajstić information content (AvgIpc) is 2.21. The average molecular weight is 292 g/mol. The number of esters is 1. The predicted molar refractivity (Wildman–Crippen MR) is 54.3 cm³/mol. The Morgan fingerprint density at radius 3 is 2.69 bits per heavy atom. The summed E-state index contributed by atoms with van der Waals surface area (Å²) in [6.45, 7) is 0. The summed E-state index contributed by atoms with van der Waals surface area (Å²) >= 11 is 2.97. The Morgan fingerprint density at radius 1 is 1.62 bits per heavy atom. The van der Waals surface area contributed by atoms with Gasteiger partial charge in [-0.3, -0.25) is 14.6 Å². The van der Waals surface area contributed by atoms with Crippen LogP contribution in [-0.4, -0.2) is 29.1 Å². The molecule has 0 bridgehead atoms. The van der Waals surface area contributed by atoms with Crippen LogP contribution in [0.5, 0.6) is 0 Å². The number of rotatable bonds is 3. The van der Waals surface area contributed by atoms with Gasteiger partial charge in [-0.15, -0.1) is 0 Å². The first-order valence-electron chi connectivity index (χ1n) is 4.09. The van der Waals surface area contributed by atoms with Crippen LogP contribution in [0.2, 0.25) is 0 Å². The SMILES string of the molecule is COC(=O)C(C(=O)O)c1ncc(Br)cc1F. The van der Waals surface area contributed by atoms with Gasteiger partial charge in [-0.25, -0.2) is 4.39 Å². The number of pyridine rings is 1. The first-order valence-corrected chi connectivity index (χ1v) is 4.88. The molecule has 0 amide bonds. The number of ether oxygens (including phenoxy) is 1. The van der Waals surface area contributed by atoms with Gasteiger partial charge in [0.2, 0.25) is 0 Å². The maximum Gasteiger partial charge on any atom is 0.326 e. The summed E-state index contributed by atoms with van der Waals surface area (Å²) in [6, 6.07) is 1.03. The molecule has 1 aromatic heterocycles. The van der Waals surface area contributed by atoms with E-state index in [1.54, 1.807) is 0 Å². The summed E-state index contributed by atoms with van der Waals surface area (Å²) in [4.78, 5) is 25.6. The maximum absolute atomic E-state index is 13.4. The highest BCUT2D eigenvalue weighted by atomic mass is 79.9. The number of aliphatic carboxylic acids is 1. The number of carbonyl (C=O) groups excluding carboxylic acids is 1. The zero-order chi connectivity index (χ0) is 12.3. The lowest BCUT2D eigenvalue weighted by molar-refractivity contribution is -0.152. The van der Waals surface area contributed by atoms with Crippen LogP contribution in [0.4, 0.5) is 4.39 Å². The molecule has 1 heterocycles. The van der Waals surface area contributed by atoms with Gasteiger partial charge in [0, 0.05) is 10.7 Å². The van der Waals surface area contributed by atoms with E-state index >= 15 is 0 Å². The van der Waals surface area contributed by atoms with Gasteiger partial charge in [0.1, 0.15) is 11.5 Å². The van der Waals surface area contributed by atoms with E-state index in [1.165, 1.54) is 6.20 Å². The fourth-order valence-electron chi connectivity index (χ4n) is 1.08. The molecule has 1 rings (SSSR count). The molecule has 1 aromatic rings. The lowest BCUT2D eigenvalue weighted by atomic mass is 10.1. The summed E-state index contributed by atoms with van der Waals surface area (Å²) in [5, 5.41) is 8.80. The second-order valence-electron chi connectivity index (χ2n) is 2.82. The van der Waals surface area contributed by atoms with Crippen molar-refractivity contribution in [2.75, 3.05) is 7.11 Å². The molecule has 1 N–H and O–H groups in total. The van der Waals surface area contributed by atoms with Crippen LogP contribution in [0.15, 0.2) is 16.7 Å². The van der Waals surface area contributed by atoms with Crippen molar-refractivity contribution in [3.05, 3.63) is 28.2 Å². The van der Waals surface area contributed by atoms with E-state index < -0.39 is 29.4 Å². The minimum absolute atomic E-state index is 0.350. The molecule has 16 heavy (non-hydrogen) atoms. The highest BCUT2D eigenvalue weighted by Crippen LogP contribution is 2.21. The van der Waals surface area contributed by atoms with Crippen LogP contribution < -0.4 is 0 Å². The monoisotopic (exact) mass is 291 g/mol. The number of hydrogen-bond donors (Lipinski definition) is 1. The molecule has 7 heteroatoms. The molecular weight excluding hydrogens is 285 g/mol. The number of nitrogens with zero attached hydrogens (tertiary/aromatic N) is 1. The summed E-state index contributed by atoms with van der Waals surface area (Å²) in [5.74, 6) is -5.22. The van der Waals surface area contributed by atoms with Crippen molar-refractivity contribution in [3.8, 4) is 0 Å².